The predicted molar refractivity (Wildman–Crippen MR) is 55.1 cm³/mol. The number of aromatic carboxylic acids is 1. The molecule has 19 heavy (non-hydrogen) atoms. The number of nitrogens with zero attached hydrogens (tertiary/aromatic N) is 2. The van der Waals surface area contributed by atoms with Gasteiger partial charge in [-0.1, -0.05) is 0 Å². The van der Waals surface area contributed by atoms with Crippen LogP contribution in [0.2, 0.25) is 0 Å². The molecular formula is C10H11F3N2O4. The van der Waals surface area contributed by atoms with Gasteiger partial charge in [-0.25, -0.2) is 9.48 Å². The Morgan fingerprint density at radius 1 is 1.63 bits per heavy atom. The summed E-state index contributed by atoms with van der Waals surface area (Å²) in [6.07, 6.45) is -4.81. The highest BCUT2D eigenvalue weighted by Crippen LogP contribution is 2.21. The number of rotatable bonds is 3. The summed E-state index contributed by atoms with van der Waals surface area (Å²) in [5.74, 6) is -0.968. The Bertz CT molecular complexity index is 446. The van der Waals surface area contributed by atoms with E-state index in [1.54, 1.807) is 0 Å². The van der Waals surface area contributed by atoms with Crippen molar-refractivity contribution >= 4 is 5.97 Å². The Morgan fingerprint density at radius 2 is 2.37 bits per heavy atom. The van der Waals surface area contributed by atoms with Crippen LogP contribution in [0.5, 0.6) is 5.88 Å². The van der Waals surface area contributed by atoms with Crippen molar-refractivity contribution in [2.24, 2.45) is 0 Å². The van der Waals surface area contributed by atoms with Crippen LogP contribution < -0.4 is 4.74 Å². The van der Waals surface area contributed by atoms with Crippen LogP contribution in [0.1, 0.15) is 16.9 Å². The van der Waals surface area contributed by atoms with Crippen LogP contribution in [-0.2, 0) is 11.3 Å². The van der Waals surface area contributed by atoms with Crippen molar-refractivity contribution in [3.63, 3.8) is 0 Å². The van der Waals surface area contributed by atoms with Gasteiger partial charge in [-0.3, -0.25) is 0 Å². The summed E-state index contributed by atoms with van der Waals surface area (Å²) in [6, 6.07) is 1.23. The summed E-state index contributed by atoms with van der Waals surface area (Å²) in [5, 5.41) is 12.5. The third-order valence-electron chi connectivity index (χ3n) is 2.52. The molecule has 1 unspecified atom stereocenters. The lowest BCUT2D eigenvalue weighted by atomic mass is 10.3. The molecule has 0 fully saturated rings. The molecule has 0 saturated heterocycles. The minimum absolute atomic E-state index is 0.0686. The number of fused-ring (bicyclic) bond motifs is 1. The third kappa shape index (κ3) is 3.60. The molecule has 0 aromatic carbocycles. The number of carbonyl (C=O) groups is 1. The van der Waals surface area contributed by atoms with Gasteiger partial charge in [-0.2, -0.15) is 18.3 Å². The number of aromatic nitrogens is 2. The van der Waals surface area contributed by atoms with Gasteiger partial charge in [-0.05, 0) is 6.42 Å². The Hall–Kier alpha value is -1.77. The number of halogens is 3. The molecule has 9 heteroatoms. The molecule has 0 saturated carbocycles. The first kappa shape index (κ1) is 13.7. The molecule has 0 amide bonds. The summed E-state index contributed by atoms with van der Waals surface area (Å²) >= 11 is 0. The molecule has 2 heterocycles. The molecule has 0 radical (unpaired) electrons. The van der Waals surface area contributed by atoms with E-state index in [9.17, 15) is 18.0 Å². The Labute approximate surface area is 105 Å². The van der Waals surface area contributed by atoms with E-state index in [-0.39, 0.29) is 31.1 Å². The molecule has 1 atom stereocenters. The summed E-state index contributed by atoms with van der Waals surface area (Å²) < 4.78 is 47.2. The van der Waals surface area contributed by atoms with Gasteiger partial charge in [0.2, 0.25) is 5.88 Å². The van der Waals surface area contributed by atoms with E-state index < -0.39 is 24.9 Å². The van der Waals surface area contributed by atoms with Crippen LogP contribution in [0.25, 0.3) is 0 Å². The van der Waals surface area contributed by atoms with Gasteiger partial charge in [-0.15, -0.1) is 0 Å². The van der Waals surface area contributed by atoms with E-state index in [1.807, 2.05) is 0 Å². The summed E-state index contributed by atoms with van der Waals surface area (Å²) in [6.45, 7) is -1.16. The maximum atomic E-state index is 12.0. The van der Waals surface area contributed by atoms with Crippen molar-refractivity contribution in [3.05, 3.63) is 11.8 Å². The van der Waals surface area contributed by atoms with E-state index >= 15 is 0 Å². The average Bonchev–Trinajstić information content (AvgIpc) is 2.62. The standard InChI is InChI=1S/C10H11F3N2O4/c11-10(12,13)5-19-6-1-2-15-8(18-4-6)3-7(14-15)9(16)17/h3,6H,1-2,4-5H2,(H,16,17). The van der Waals surface area contributed by atoms with Crippen LogP contribution in [0.15, 0.2) is 6.07 Å². The van der Waals surface area contributed by atoms with E-state index in [1.165, 1.54) is 10.7 Å². The zero-order valence-corrected chi connectivity index (χ0v) is 9.68. The van der Waals surface area contributed by atoms with Gasteiger partial charge >= 0.3 is 12.1 Å². The van der Waals surface area contributed by atoms with Crippen LogP contribution >= 0.6 is 0 Å². The van der Waals surface area contributed by atoms with Gasteiger partial charge in [0.05, 0.1) is 6.10 Å². The third-order valence-corrected chi connectivity index (χ3v) is 2.52. The first-order chi connectivity index (χ1) is 8.85. The van der Waals surface area contributed by atoms with Crippen molar-refractivity contribution in [1.82, 2.24) is 9.78 Å². The fourth-order valence-electron chi connectivity index (χ4n) is 1.65. The number of hydrogen-bond donors (Lipinski definition) is 1. The van der Waals surface area contributed by atoms with Gasteiger partial charge < -0.3 is 14.6 Å². The quantitative estimate of drug-likeness (QED) is 0.903. The van der Waals surface area contributed by atoms with Gasteiger partial charge in [0.25, 0.3) is 0 Å². The second-order valence-corrected chi connectivity index (χ2v) is 4.04. The Balaban J connectivity index is 1.95. The van der Waals surface area contributed by atoms with E-state index in [0.29, 0.717) is 0 Å². The number of carboxylic acids is 1. The molecule has 1 aliphatic heterocycles. The van der Waals surface area contributed by atoms with E-state index in [2.05, 4.69) is 5.10 Å². The zero-order chi connectivity index (χ0) is 14.0. The van der Waals surface area contributed by atoms with Crippen molar-refractivity contribution in [1.29, 1.82) is 0 Å². The molecule has 106 valence electrons. The molecule has 0 spiro atoms. The fourth-order valence-corrected chi connectivity index (χ4v) is 1.65. The molecule has 1 aromatic heterocycles. The van der Waals surface area contributed by atoms with Crippen molar-refractivity contribution in [2.75, 3.05) is 13.2 Å². The van der Waals surface area contributed by atoms with Gasteiger partial charge in [0.15, 0.2) is 5.69 Å². The molecule has 1 aliphatic rings. The molecule has 0 aliphatic carbocycles. The SMILES string of the molecule is O=C(O)c1cc2n(n1)CCC(OCC(F)(F)F)CO2. The summed E-state index contributed by atoms with van der Waals surface area (Å²) in [4.78, 5) is 10.7. The number of hydrogen-bond acceptors (Lipinski definition) is 4. The van der Waals surface area contributed by atoms with Crippen molar-refractivity contribution < 1.29 is 32.5 Å². The number of aryl methyl sites for hydroxylation is 1. The number of ether oxygens (including phenoxy) is 2. The summed E-state index contributed by atoms with van der Waals surface area (Å²) in [7, 11) is 0. The maximum Gasteiger partial charge on any atom is 0.411 e. The molecular weight excluding hydrogens is 269 g/mol. The maximum absolute atomic E-state index is 12.0. The van der Waals surface area contributed by atoms with Crippen LogP contribution in [-0.4, -0.2) is 46.4 Å². The number of carboxylic acid groups (broad SMARTS) is 1. The van der Waals surface area contributed by atoms with Crippen molar-refractivity contribution in [2.45, 2.75) is 25.2 Å². The Kier molecular flexibility index (Phi) is 3.65. The van der Waals surface area contributed by atoms with Gasteiger partial charge in [0, 0.05) is 12.6 Å². The lowest BCUT2D eigenvalue weighted by Gasteiger charge is -2.15. The molecule has 1 aromatic rings. The normalized spacial score (nSPS) is 19.4. The zero-order valence-electron chi connectivity index (χ0n) is 9.68. The monoisotopic (exact) mass is 280 g/mol. The van der Waals surface area contributed by atoms with E-state index in [0.717, 1.165) is 0 Å². The first-order valence-electron chi connectivity index (χ1n) is 5.47. The fraction of sp³-hybridized carbons (Fsp3) is 0.600. The van der Waals surface area contributed by atoms with E-state index in [4.69, 9.17) is 14.6 Å². The average molecular weight is 280 g/mol. The highest BCUT2D eigenvalue weighted by molar-refractivity contribution is 5.85. The van der Waals surface area contributed by atoms with Crippen LogP contribution in [0, 0.1) is 0 Å². The van der Waals surface area contributed by atoms with Crippen LogP contribution in [0.3, 0.4) is 0 Å². The van der Waals surface area contributed by atoms with Crippen molar-refractivity contribution in [3.8, 4) is 5.88 Å². The van der Waals surface area contributed by atoms with Crippen LogP contribution in [0.4, 0.5) is 13.2 Å². The highest BCUT2D eigenvalue weighted by atomic mass is 19.4. The highest BCUT2D eigenvalue weighted by Gasteiger charge is 2.30. The minimum atomic E-state index is -4.38. The predicted octanol–water partition coefficient (Wildman–Crippen LogP) is 1.31. The molecule has 6 nitrogen and oxygen atoms in total. The molecule has 0 bridgehead atoms. The second kappa shape index (κ2) is 5.08. The Morgan fingerprint density at radius 3 is 3.00 bits per heavy atom. The largest absolute Gasteiger partial charge is 0.476 e. The first-order valence-corrected chi connectivity index (χ1v) is 5.47. The van der Waals surface area contributed by atoms with Gasteiger partial charge in [0.1, 0.15) is 13.2 Å². The topological polar surface area (TPSA) is 73.6 Å². The molecule has 1 N–H and O–H groups in total. The number of alkyl halides is 3. The second-order valence-electron chi connectivity index (χ2n) is 4.04. The lowest BCUT2D eigenvalue weighted by molar-refractivity contribution is -0.188. The molecule has 2 rings (SSSR count). The minimum Gasteiger partial charge on any atom is -0.476 e. The summed E-state index contributed by atoms with van der Waals surface area (Å²) in [5.41, 5.74) is -0.162. The lowest BCUT2D eigenvalue weighted by Crippen LogP contribution is -2.27. The smallest absolute Gasteiger partial charge is 0.411 e.